The summed E-state index contributed by atoms with van der Waals surface area (Å²) in [6.45, 7) is 0.929. The van der Waals surface area contributed by atoms with Crippen molar-refractivity contribution in [1.82, 2.24) is 5.43 Å². The molecule has 1 aliphatic rings. The Labute approximate surface area is 186 Å². The molecule has 0 unspecified atom stereocenters. The molecule has 3 aromatic carbocycles. The van der Waals surface area contributed by atoms with E-state index in [2.05, 4.69) is 26.5 Å². The van der Waals surface area contributed by atoms with Gasteiger partial charge in [0.05, 0.1) is 11.8 Å². The Bertz CT molecular complexity index is 1160. The molecular formula is C23H17BrN2O5. The first-order valence-electron chi connectivity index (χ1n) is 9.40. The molecule has 0 bridgehead atoms. The minimum absolute atomic E-state index is 0.364. The van der Waals surface area contributed by atoms with Gasteiger partial charge >= 0.3 is 5.97 Å². The number of carbonyl (C=O) groups is 2. The molecule has 0 saturated carbocycles. The lowest BCUT2D eigenvalue weighted by atomic mass is 10.2. The van der Waals surface area contributed by atoms with Crippen LogP contribution in [-0.4, -0.2) is 31.3 Å². The van der Waals surface area contributed by atoms with Crippen molar-refractivity contribution in [1.29, 1.82) is 0 Å². The lowest BCUT2D eigenvalue weighted by Crippen LogP contribution is -2.19. The molecular weight excluding hydrogens is 464 g/mol. The molecule has 1 aliphatic heterocycles. The summed E-state index contributed by atoms with van der Waals surface area (Å²) in [7, 11) is 0. The van der Waals surface area contributed by atoms with Crippen LogP contribution in [0.4, 0.5) is 0 Å². The highest BCUT2D eigenvalue weighted by molar-refractivity contribution is 9.10. The summed E-state index contributed by atoms with van der Waals surface area (Å²) in [5.41, 5.74) is 3.95. The van der Waals surface area contributed by atoms with Gasteiger partial charge in [-0.1, -0.05) is 24.3 Å². The summed E-state index contributed by atoms with van der Waals surface area (Å²) in [5.74, 6) is 0.642. The largest absolute Gasteiger partial charge is 0.486 e. The monoisotopic (exact) mass is 480 g/mol. The van der Waals surface area contributed by atoms with Gasteiger partial charge in [0.1, 0.15) is 19.0 Å². The molecule has 7 nitrogen and oxygen atoms in total. The van der Waals surface area contributed by atoms with Crippen LogP contribution in [0.15, 0.2) is 76.3 Å². The van der Waals surface area contributed by atoms with Gasteiger partial charge in [0.25, 0.3) is 5.91 Å². The van der Waals surface area contributed by atoms with Gasteiger partial charge in [0, 0.05) is 10.0 Å². The van der Waals surface area contributed by atoms with Crippen LogP contribution in [0.5, 0.6) is 17.2 Å². The van der Waals surface area contributed by atoms with E-state index in [9.17, 15) is 9.59 Å². The second-order valence-electron chi connectivity index (χ2n) is 6.50. The number of ether oxygens (including phenoxy) is 3. The average molecular weight is 481 g/mol. The third-order valence-corrected chi connectivity index (χ3v) is 5.04. The molecule has 1 heterocycles. The number of hydrazone groups is 1. The van der Waals surface area contributed by atoms with E-state index < -0.39 is 5.97 Å². The highest BCUT2D eigenvalue weighted by Gasteiger charge is 2.15. The van der Waals surface area contributed by atoms with Crippen molar-refractivity contribution in [3.63, 3.8) is 0 Å². The molecule has 156 valence electrons. The number of benzene rings is 3. The summed E-state index contributed by atoms with van der Waals surface area (Å²) < 4.78 is 17.0. The van der Waals surface area contributed by atoms with Gasteiger partial charge in [-0.25, -0.2) is 10.2 Å². The van der Waals surface area contributed by atoms with Crippen LogP contribution in [0.3, 0.4) is 0 Å². The van der Waals surface area contributed by atoms with E-state index in [0.717, 1.165) is 0 Å². The summed E-state index contributed by atoms with van der Waals surface area (Å²) in [6.07, 6.45) is 1.46. The lowest BCUT2D eigenvalue weighted by Gasteiger charge is -2.18. The van der Waals surface area contributed by atoms with Crippen molar-refractivity contribution in [3.05, 3.63) is 87.9 Å². The van der Waals surface area contributed by atoms with Crippen molar-refractivity contribution < 1.29 is 23.8 Å². The number of fused-ring (bicyclic) bond motifs is 1. The Morgan fingerprint density at radius 3 is 2.61 bits per heavy atom. The van der Waals surface area contributed by atoms with Crippen molar-refractivity contribution in [2.45, 2.75) is 0 Å². The molecule has 0 aliphatic carbocycles. The van der Waals surface area contributed by atoms with E-state index in [1.165, 1.54) is 6.21 Å². The fourth-order valence-electron chi connectivity index (χ4n) is 2.86. The highest BCUT2D eigenvalue weighted by Crippen LogP contribution is 2.30. The van der Waals surface area contributed by atoms with Crippen LogP contribution in [0.25, 0.3) is 0 Å². The fraction of sp³-hybridized carbons (Fsp3) is 0.0870. The zero-order chi connectivity index (χ0) is 21.6. The Morgan fingerprint density at radius 2 is 1.77 bits per heavy atom. The van der Waals surface area contributed by atoms with E-state index in [-0.39, 0.29) is 5.91 Å². The number of rotatable bonds is 5. The maximum Gasteiger partial charge on any atom is 0.344 e. The van der Waals surface area contributed by atoms with Gasteiger partial charge in [-0.2, -0.15) is 5.10 Å². The molecule has 31 heavy (non-hydrogen) atoms. The van der Waals surface area contributed by atoms with E-state index in [4.69, 9.17) is 14.2 Å². The zero-order valence-corrected chi connectivity index (χ0v) is 17.8. The lowest BCUT2D eigenvalue weighted by molar-refractivity contribution is 0.0733. The molecule has 0 radical (unpaired) electrons. The SMILES string of the molecule is O=C(NN=Cc1cccc(OC(=O)c2ccccc2Br)c1)c1ccc2c(c1)OCCO2. The topological polar surface area (TPSA) is 86.2 Å². The zero-order valence-electron chi connectivity index (χ0n) is 16.2. The summed E-state index contributed by atoms with van der Waals surface area (Å²) in [4.78, 5) is 24.7. The first-order valence-corrected chi connectivity index (χ1v) is 10.2. The normalized spacial score (nSPS) is 12.4. The van der Waals surface area contributed by atoms with Crippen molar-refractivity contribution in [2.75, 3.05) is 13.2 Å². The van der Waals surface area contributed by atoms with Gasteiger partial charge < -0.3 is 14.2 Å². The van der Waals surface area contributed by atoms with Crippen LogP contribution < -0.4 is 19.6 Å². The molecule has 8 heteroatoms. The molecule has 1 amide bonds. The minimum atomic E-state index is -0.478. The van der Waals surface area contributed by atoms with Gasteiger partial charge in [0.2, 0.25) is 0 Å². The summed E-state index contributed by atoms with van der Waals surface area (Å²) in [5, 5.41) is 3.98. The molecule has 3 aromatic rings. The van der Waals surface area contributed by atoms with Crippen LogP contribution in [0.1, 0.15) is 26.3 Å². The predicted octanol–water partition coefficient (Wildman–Crippen LogP) is 4.20. The molecule has 0 aromatic heterocycles. The smallest absolute Gasteiger partial charge is 0.344 e. The second-order valence-corrected chi connectivity index (χ2v) is 7.35. The number of halogens is 1. The maximum atomic E-state index is 12.3. The minimum Gasteiger partial charge on any atom is -0.486 e. The van der Waals surface area contributed by atoms with E-state index in [0.29, 0.717) is 51.6 Å². The van der Waals surface area contributed by atoms with Gasteiger partial charge in [0.15, 0.2) is 11.5 Å². The standard InChI is InChI=1S/C23H17BrN2O5/c24-19-7-2-1-6-18(19)23(28)31-17-5-3-4-15(12-17)14-25-26-22(27)16-8-9-20-21(13-16)30-11-10-29-20/h1-9,12-14H,10-11H2,(H,26,27). The number of carbonyl (C=O) groups excluding carboxylic acids is 2. The van der Waals surface area contributed by atoms with Crippen LogP contribution in [0, 0.1) is 0 Å². The van der Waals surface area contributed by atoms with Crippen LogP contribution in [0.2, 0.25) is 0 Å². The Balaban J connectivity index is 1.39. The van der Waals surface area contributed by atoms with Gasteiger partial charge in [-0.05, 0) is 64.0 Å². The number of hydrogen-bond acceptors (Lipinski definition) is 6. The van der Waals surface area contributed by atoms with E-state index >= 15 is 0 Å². The average Bonchev–Trinajstić information content (AvgIpc) is 2.79. The summed E-state index contributed by atoms with van der Waals surface area (Å²) >= 11 is 3.33. The fourth-order valence-corrected chi connectivity index (χ4v) is 3.31. The maximum absolute atomic E-state index is 12.3. The van der Waals surface area contributed by atoms with Gasteiger partial charge in [-0.3, -0.25) is 4.79 Å². The number of hydrogen-bond donors (Lipinski definition) is 1. The Hall–Kier alpha value is -3.65. The molecule has 0 atom stereocenters. The molecule has 0 spiro atoms. The molecule has 0 fully saturated rings. The van der Waals surface area contributed by atoms with E-state index in [1.807, 2.05) is 6.07 Å². The van der Waals surface area contributed by atoms with Crippen molar-refractivity contribution >= 4 is 34.0 Å². The number of nitrogens with one attached hydrogen (secondary N) is 1. The number of nitrogens with zero attached hydrogens (tertiary/aromatic N) is 1. The predicted molar refractivity (Wildman–Crippen MR) is 118 cm³/mol. The molecule has 4 rings (SSSR count). The Kier molecular flexibility index (Phi) is 6.28. The second kappa shape index (κ2) is 9.44. The number of esters is 1. The van der Waals surface area contributed by atoms with Crippen LogP contribution in [-0.2, 0) is 0 Å². The molecule has 1 N–H and O–H groups in total. The quantitative estimate of drug-likeness (QED) is 0.256. The van der Waals surface area contributed by atoms with Gasteiger partial charge in [-0.15, -0.1) is 0 Å². The van der Waals surface area contributed by atoms with Crippen molar-refractivity contribution in [2.24, 2.45) is 5.10 Å². The first kappa shape index (κ1) is 20.6. The van der Waals surface area contributed by atoms with E-state index in [1.54, 1.807) is 60.7 Å². The van der Waals surface area contributed by atoms with Crippen molar-refractivity contribution in [3.8, 4) is 17.2 Å². The third-order valence-electron chi connectivity index (χ3n) is 4.35. The molecule has 0 saturated heterocycles. The number of amides is 1. The Morgan fingerprint density at radius 1 is 0.968 bits per heavy atom. The summed E-state index contributed by atoms with van der Waals surface area (Å²) in [6, 6.07) is 18.8. The third kappa shape index (κ3) is 5.10. The van der Waals surface area contributed by atoms with Crippen LogP contribution >= 0.6 is 15.9 Å². The first-order chi connectivity index (χ1) is 15.1. The highest BCUT2D eigenvalue weighted by atomic mass is 79.9.